The Balaban J connectivity index is 1.72. The van der Waals surface area contributed by atoms with Gasteiger partial charge in [-0.2, -0.15) is 5.10 Å². The highest BCUT2D eigenvalue weighted by Crippen LogP contribution is 2.29. The predicted octanol–water partition coefficient (Wildman–Crippen LogP) is 5.18. The summed E-state index contributed by atoms with van der Waals surface area (Å²) in [5, 5.41) is 7.51. The van der Waals surface area contributed by atoms with Crippen molar-refractivity contribution in [3.05, 3.63) is 71.6 Å². The second-order valence-electron chi connectivity index (χ2n) is 7.73. The van der Waals surface area contributed by atoms with E-state index in [1.807, 2.05) is 67.1 Å². The third kappa shape index (κ3) is 5.54. The molecule has 0 unspecified atom stereocenters. The van der Waals surface area contributed by atoms with Gasteiger partial charge < -0.3 is 14.8 Å². The maximum atomic E-state index is 12.5. The first kappa shape index (κ1) is 22.2. The van der Waals surface area contributed by atoms with Crippen LogP contribution in [0.4, 0.5) is 5.69 Å². The SMILES string of the molecule is COc1cc(/C=C/C(=O)Nc2c(C)nn(-c3ccccc3)c2C)ccc1OCC(C)C. The minimum absolute atomic E-state index is 0.224. The number of carbonyl (C=O) groups is 1. The normalized spacial score (nSPS) is 11.2. The summed E-state index contributed by atoms with van der Waals surface area (Å²) in [7, 11) is 1.60. The number of aromatic nitrogens is 2. The number of anilines is 1. The van der Waals surface area contributed by atoms with Gasteiger partial charge in [0.15, 0.2) is 11.5 Å². The highest BCUT2D eigenvalue weighted by molar-refractivity contribution is 6.02. The summed E-state index contributed by atoms with van der Waals surface area (Å²) in [6, 6.07) is 15.4. The Labute approximate surface area is 183 Å². The fraction of sp³-hybridized carbons (Fsp3) is 0.280. The Morgan fingerprint density at radius 1 is 1.13 bits per heavy atom. The number of nitrogens with zero attached hydrogens (tertiary/aromatic N) is 2. The average Bonchev–Trinajstić information content (AvgIpc) is 3.05. The molecule has 3 rings (SSSR count). The number of hydrogen-bond acceptors (Lipinski definition) is 4. The number of methoxy groups -OCH3 is 1. The van der Waals surface area contributed by atoms with Gasteiger partial charge >= 0.3 is 0 Å². The van der Waals surface area contributed by atoms with Crippen LogP contribution in [0.3, 0.4) is 0 Å². The molecule has 1 amide bonds. The third-order valence-corrected chi connectivity index (χ3v) is 4.73. The van der Waals surface area contributed by atoms with Crippen molar-refractivity contribution in [3.8, 4) is 17.2 Å². The van der Waals surface area contributed by atoms with Crippen molar-refractivity contribution in [2.45, 2.75) is 27.7 Å². The Morgan fingerprint density at radius 3 is 2.55 bits per heavy atom. The topological polar surface area (TPSA) is 65.4 Å². The number of rotatable bonds is 8. The Bertz CT molecular complexity index is 1070. The zero-order valence-corrected chi connectivity index (χ0v) is 18.7. The second-order valence-corrected chi connectivity index (χ2v) is 7.73. The number of benzene rings is 2. The van der Waals surface area contributed by atoms with Crippen molar-refractivity contribution in [1.29, 1.82) is 0 Å². The lowest BCUT2D eigenvalue weighted by atomic mass is 10.2. The molecule has 0 spiro atoms. The van der Waals surface area contributed by atoms with E-state index in [9.17, 15) is 4.79 Å². The van der Waals surface area contributed by atoms with Gasteiger partial charge in [-0.1, -0.05) is 38.1 Å². The van der Waals surface area contributed by atoms with E-state index in [1.54, 1.807) is 13.2 Å². The molecule has 0 atom stereocenters. The summed E-state index contributed by atoms with van der Waals surface area (Å²) >= 11 is 0. The molecule has 0 saturated carbocycles. The van der Waals surface area contributed by atoms with Crippen molar-refractivity contribution in [1.82, 2.24) is 9.78 Å². The monoisotopic (exact) mass is 419 g/mol. The van der Waals surface area contributed by atoms with Crippen molar-refractivity contribution in [3.63, 3.8) is 0 Å². The zero-order valence-electron chi connectivity index (χ0n) is 18.7. The van der Waals surface area contributed by atoms with E-state index in [-0.39, 0.29) is 5.91 Å². The van der Waals surface area contributed by atoms with E-state index < -0.39 is 0 Å². The van der Waals surface area contributed by atoms with Crippen LogP contribution >= 0.6 is 0 Å². The quantitative estimate of drug-likeness (QED) is 0.511. The molecule has 0 bridgehead atoms. The van der Waals surface area contributed by atoms with Gasteiger partial charge in [0.1, 0.15) is 0 Å². The van der Waals surface area contributed by atoms with Crippen molar-refractivity contribution in [2.75, 3.05) is 19.0 Å². The van der Waals surface area contributed by atoms with Crippen LogP contribution in [0.2, 0.25) is 0 Å². The number of hydrogen-bond donors (Lipinski definition) is 1. The minimum atomic E-state index is -0.224. The number of ether oxygens (including phenoxy) is 2. The Hall–Kier alpha value is -3.54. The summed E-state index contributed by atoms with van der Waals surface area (Å²) in [6.45, 7) is 8.62. The standard InChI is InChI=1S/C25H29N3O3/c1-17(2)16-31-22-13-11-20(15-23(22)30-5)12-14-24(29)26-25-18(3)27-28(19(25)4)21-9-7-6-8-10-21/h6-15,17H,16H2,1-5H3,(H,26,29)/b14-12+. The van der Waals surface area contributed by atoms with Gasteiger partial charge in [-0.3, -0.25) is 4.79 Å². The maximum Gasteiger partial charge on any atom is 0.248 e. The first-order valence-corrected chi connectivity index (χ1v) is 10.3. The molecule has 2 aromatic carbocycles. The van der Waals surface area contributed by atoms with Crippen LogP contribution in [-0.4, -0.2) is 29.4 Å². The molecule has 1 N–H and O–H groups in total. The summed E-state index contributed by atoms with van der Waals surface area (Å²) in [4.78, 5) is 12.5. The average molecular weight is 420 g/mol. The van der Waals surface area contributed by atoms with Gasteiger partial charge in [0.25, 0.3) is 0 Å². The van der Waals surface area contributed by atoms with E-state index >= 15 is 0 Å². The number of para-hydroxylation sites is 1. The molecule has 31 heavy (non-hydrogen) atoms. The molecule has 6 heteroatoms. The fourth-order valence-corrected chi connectivity index (χ4v) is 3.14. The first-order chi connectivity index (χ1) is 14.9. The summed E-state index contributed by atoms with van der Waals surface area (Å²) in [6.07, 6.45) is 3.25. The summed E-state index contributed by atoms with van der Waals surface area (Å²) in [5.41, 5.74) is 4.15. The van der Waals surface area contributed by atoms with E-state index in [2.05, 4.69) is 24.3 Å². The smallest absolute Gasteiger partial charge is 0.248 e. The molecule has 0 aliphatic rings. The molecule has 0 radical (unpaired) electrons. The molecular formula is C25H29N3O3. The lowest BCUT2D eigenvalue weighted by Crippen LogP contribution is -2.09. The Morgan fingerprint density at radius 2 is 1.87 bits per heavy atom. The number of nitrogens with one attached hydrogen (secondary N) is 1. The third-order valence-electron chi connectivity index (χ3n) is 4.73. The lowest BCUT2D eigenvalue weighted by Gasteiger charge is -2.12. The number of carbonyl (C=O) groups excluding carboxylic acids is 1. The van der Waals surface area contributed by atoms with Gasteiger partial charge in [0.2, 0.25) is 5.91 Å². The van der Waals surface area contributed by atoms with Gasteiger partial charge in [-0.25, -0.2) is 4.68 Å². The first-order valence-electron chi connectivity index (χ1n) is 10.3. The minimum Gasteiger partial charge on any atom is -0.493 e. The van der Waals surface area contributed by atoms with E-state index in [0.717, 1.165) is 22.6 Å². The second kappa shape index (κ2) is 9.98. The highest BCUT2D eigenvalue weighted by Gasteiger charge is 2.14. The molecule has 0 fully saturated rings. The molecule has 6 nitrogen and oxygen atoms in total. The van der Waals surface area contributed by atoms with Gasteiger partial charge in [0, 0.05) is 6.08 Å². The van der Waals surface area contributed by atoms with Crippen LogP contribution in [0, 0.1) is 19.8 Å². The fourth-order valence-electron chi connectivity index (χ4n) is 3.14. The summed E-state index contributed by atoms with van der Waals surface area (Å²) in [5.74, 6) is 1.53. The van der Waals surface area contributed by atoms with Crippen molar-refractivity contribution >= 4 is 17.7 Å². The van der Waals surface area contributed by atoms with Crippen LogP contribution in [0.5, 0.6) is 11.5 Å². The molecule has 1 heterocycles. The zero-order chi connectivity index (χ0) is 22.4. The predicted molar refractivity (Wildman–Crippen MR) is 124 cm³/mol. The maximum absolute atomic E-state index is 12.5. The van der Waals surface area contributed by atoms with Crippen LogP contribution in [0.1, 0.15) is 30.8 Å². The highest BCUT2D eigenvalue weighted by atomic mass is 16.5. The van der Waals surface area contributed by atoms with Crippen molar-refractivity contribution < 1.29 is 14.3 Å². The lowest BCUT2D eigenvalue weighted by molar-refractivity contribution is -0.111. The molecule has 162 valence electrons. The van der Waals surface area contributed by atoms with E-state index in [0.29, 0.717) is 29.7 Å². The number of aryl methyl sites for hydroxylation is 1. The summed E-state index contributed by atoms with van der Waals surface area (Å²) < 4.78 is 13.0. The van der Waals surface area contributed by atoms with E-state index in [4.69, 9.17) is 9.47 Å². The van der Waals surface area contributed by atoms with E-state index in [1.165, 1.54) is 6.08 Å². The largest absolute Gasteiger partial charge is 0.493 e. The van der Waals surface area contributed by atoms with Crippen molar-refractivity contribution in [2.24, 2.45) is 5.92 Å². The van der Waals surface area contributed by atoms with Crippen LogP contribution < -0.4 is 14.8 Å². The van der Waals surface area contributed by atoms with Crippen LogP contribution in [0.25, 0.3) is 11.8 Å². The van der Waals surface area contributed by atoms with Gasteiger partial charge in [-0.05, 0) is 55.7 Å². The molecular weight excluding hydrogens is 390 g/mol. The molecule has 0 aliphatic carbocycles. The van der Waals surface area contributed by atoms with Crippen LogP contribution in [0.15, 0.2) is 54.6 Å². The number of amides is 1. The Kier molecular flexibility index (Phi) is 7.13. The van der Waals surface area contributed by atoms with Gasteiger partial charge in [0.05, 0.1) is 36.5 Å². The molecule has 0 aliphatic heterocycles. The molecule has 0 saturated heterocycles. The molecule has 1 aromatic heterocycles. The molecule has 3 aromatic rings. The van der Waals surface area contributed by atoms with Crippen LogP contribution in [-0.2, 0) is 4.79 Å². The van der Waals surface area contributed by atoms with Gasteiger partial charge in [-0.15, -0.1) is 0 Å².